The van der Waals surface area contributed by atoms with Gasteiger partial charge in [-0.2, -0.15) is 0 Å². The van der Waals surface area contributed by atoms with Gasteiger partial charge in [0.05, 0.1) is 16.6 Å². The summed E-state index contributed by atoms with van der Waals surface area (Å²) >= 11 is 0. The van der Waals surface area contributed by atoms with E-state index in [0.29, 0.717) is 19.0 Å². The summed E-state index contributed by atoms with van der Waals surface area (Å²) in [5.74, 6) is 1.00. The van der Waals surface area contributed by atoms with Crippen LogP contribution in [0.5, 0.6) is 0 Å². The van der Waals surface area contributed by atoms with Gasteiger partial charge in [0, 0.05) is 19.0 Å². The van der Waals surface area contributed by atoms with Crippen molar-refractivity contribution in [3.05, 3.63) is 30.1 Å². The third-order valence-electron chi connectivity index (χ3n) is 4.77. The maximum atomic E-state index is 12.3. The third kappa shape index (κ3) is 3.11. The van der Waals surface area contributed by atoms with Crippen molar-refractivity contribution < 1.29 is 4.79 Å². The van der Waals surface area contributed by atoms with E-state index in [0.717, 1.165) is 42.5 Å². The van der Waals surface area contributed by atoms with Gasteiger partial charge in [0.1, 0.15) is 5.82 Å². The Labute approximate surface area is 137 Å². The van der Waals surface area contributed by atoms with Gasteiger partial charge in [-0.05, 0) is 38.8 Å². The first-order valence-corrected chi connectivity index (χ1v) is 8.54. The van der Waals surface area contributed by atoms with Gasteiger partial charge in [-0.3, -0.25) is 4.79 Å². The quantitative estimate of drug-likeness (QED) is 0.891. The Morgan fingerprint density at radius 1 is 1.35 bits per heavy atom. The molecule has 5 heteroatoms. The van der Waals surface area contributed by atoms with E-state index in [4.69, 9.17) is 10.7 Å². The van der Waals surface area contributed by atoms with Gasteiger partial charge in [0.2, 0.25) is 5.91 Å². The van der Waals surface area contributed by atoms with Crippen molar-refractivity contribution in [2.45, 2.75) is 57.5 Å². The Balaban J connectivity index is 1.70. The van der Waals surface area contributed by atoms with E-state index in [-0.39, 0.29) is 5.91 Å². The Kier molecular flexibility index (Phi) is 4.39. The van der Waals surface area contributed by atoms with Crippen LogP contribution in [0.1, 0.15) is 51.4 Å². The molecule has 1 aromatic heterocycles. The van der Waals surface area contributed by atoms with Crippen LogP contribution >= 0.6 is 0 Å². The predicted molar refractivity (Wildman–Crippen MR) is 92.2 cm³/mol. The molecule has 1 aromatic carbocycles. The van der Waals surface area contributed by atoms with E-state index in [1.165, 1.54) is 0 Å². The van der Waals surface area contributed by atoms with Crippen LogP contribution < -0.4 is 11.1 Å². The number of hydrogen-bond acceptors (Lipinski definition) is 3. The summed E-state index contributed by atoms with van der Waals surface area (Å²) in [5.41, 5.74) is 7.69. The van der Waals surface area contributed by atoms with E-state index < -0.39 is 5.54 Å². The van der Waals surface area contributed by atoms with Crippen molar-refractivity contribution >= 4 is 16.9 Å². The second-order valence-corrected chi connectivity index (χ2v) is 6.85. The molecule has 0 unspecified atom stereocenters. The first-order chi connectivity index (χ1) is 11.0. The summed E-state index contributed by atoms with van der Waals surface area (Å²) in [7, 11) is 0. The predicted octanol–water partition coefficient (Wildman–Crippen LogP) is 2.55. The topological polar surface area (TPSA) is 72.9 Å². The number of fused-ring (bicyclic) bond motifs is 1. The lowest BCUT2D eigenvalue weighted by molar-refractivity contribution is -0.126. The number of nitrogens with one attached hydrogen (secondary N) is 1. The van der Waals surface area contributed by atoms with Crippen molar-refractivity contribution in [3.8, 4) is 0 Å². The fourth-order valence-corrected chi connectivity index (χ4v) is 3.54. The highest BCUT2D eigenvalue weighted by atomic mass is 16.2. The zero-order chi connectivity index (χ0) is 16.4. The molecule has 1 saturated carbocycles. The molecule has 0 atom stereocenters. The second-order valence-electron chi connectivity index (χ2n) is 6.85. The van der Waals surface area contributed by atoms with Crippen molar-refractivity contribution in [2.24, 2.45) is 5.73 Å². The molecule has 1 aliphatic carbocycles. The Bertz CT molecular complexity index is 698. The summed E-state index contributed by atoms with van der Waals surface area (Å²) in [6, 6.07) is 8.50. The molecule has 0 spiro atoms. The maximum absolute atomic E-state index is 12.3. The number of aromatic nitrogens is 2. The fourth-order valence-electron chi connectivity index (χ4n) is 3.54. The number of rotatable bonds is 5. The van der Waals surface area contributed by atoms with Gasteiger partial charge in [-0.15, -0.1) is 0 Å². The Morgan fingerprint density at radius 3 is 2.74 bits per heavy atom. The Morgan fingerprint density at radius 2 is 2.04 bits per heavy atom. The van der Waals surface area contributed by atoms with Gasteiger partial charge in [-0.25, -0.2) is 4.98 Å². The summed E-state index contributed by atoms with van der Waals surface area (Å²) in [5, 5.41) is 3.01. The van der Waals surface area contributed by atoms with Crippen molar-refractivity contribution in [3.63, 3.8) is 0 Å². The fraction of sp³-hybridized carbons (Fsp3) is 0.556. The number of imidazole rings is 1. The molecular formula is C18H26N4O. The third-order valence-corrected chi connectivity index (χ3v) is 4.77. The van der Waals surface area contributed by atoms with E-state index in [9.17, 15) is 4.79 Å². The van der Waals surface area contributed by atoms with E-state index in [1.54, 1.807) is 0 Å². The molecule has 1 amide bonds. The molecule has 0 bridgehead atoms. The van der Waals surface area contributed by atoms with Gasteiger partial charge >= 0.3 is 0 Å². The number of para-hydroxylation sites is 2. The number of nitrogens with zero attached hydrogens (tertiary/aromatic N) is 2. The summed E-state index contributed by atoms with van der Waals surface area (Å²) in [4.78, 5) is 17.0. The molecule has 1 aliphatic rings. The van der Waals surface area contributed by atoms with Gasteiger partial charge in [-0.1, -0.05) is 25.0 Å². The molecule has 23 heavy (non-hydrogen) atoms. The smallest absolute Gasteiger partial charge is 0.240 e. The monoisotopic (exact) mass is 314 g/mol. The molecule has 1 fully saturated rings. The van der Waals surface area contributed by atoms with Crippen molar-refractivity contribution in [1.82, 2.24) is 14.9 Å². The van der Waals surface area contributed by atoms with E-state index in [2.05, 4.69) is 29.8 Å². The van der Waals surface area contributed by atoms with Gasteiger partial charge < -0.3 is 15.6 Å². The van der Waals surface area contributed by atoms with Gasteiger partial charge in [0.15, 0.2) is 0 Å². The minimum Gasteiger partial charge on any atom is -0.354 e. The molecule has 0 radical (unpaired) electrons. The molecule has 1 heterocycles. The van der Waals surface area contributed by atoms with E-state index in [1.807, 2.05) is 18.2 Å². The summed E-state index contributed by atoms with van der Waals surface area (Å²) < 4.78 is 2.25. The van der Waals surface area contributed by atoms with Crippen LogP contribution in [0, 0.1) is 0 Å². The van der Waals surface area contributed by atoms with Crippen LogP contribution in [0.4, 0.5) is 0 Å². The van der Waals surface area contributed by atoms with Crippen LogP contribution in [0.2, 0.25) is 0 Å². The molecule has 124 valence electrons. The molecule has 2 aromatic rings. The standard InChI is InChI=1S/C18H26N4O/c1-13(2)22-15-8-4-3-7-14(15)21-16(22)9-12-20-17(23)18(19)10-5-6-11-18/h3-4,7-8,13H,5-6,9-12,19H2,1-2H3,(H,20,23). The average Bonchev–Trinajstić information content (AvgIpc) is 3.11. The molecule has 5 nitrogen and oxygen atoms in total. The number of carbonyl (C=O) groups excluding carboxylic acids is 1. The minimum absolute atomic E-state index is 0.0118. The van der Waals surface area contributed by atoms with Crippen LogP contribution in [0.3, 0.4) is 0 Å². The van der Waals surface area contributed by atoms with Gasteiger partial charge in [0.25, 0.3) is 0 Å². The van der Waals surface area contributed by atoms with Crippen LogP contribution in [-0.4, -0.2) is 27.5 Å². The molecule has 3 rings (SSSR count). The lowest BCUT2D eigenvalue weighted by Gasteiger charge is -2.22. The molecule has 0 saturated heterocycles. The highest BCUT2D eigenvalue weighted by Crippen LogP contribution is 2.27. The first-order valence-electron chi connectivity index (χ1n) is 8.54. The minimum atomic E-state index is -0.655. The molecule has 0 aliphatic heterocycles. The highest BCUT2D eigenvalue weighted by Gasteiger charge is 2.36. The SMILES string of the molecule is CC(C)n1c(CCNC(=O)C2(N)CCCC2)nc2ccccc21. The number of hydrogen-bond donors (Lipinski definition) is 2. The first kappa shape index (κ1) is 16.0. The van der Waals surface area contributed by atoms with Crippen molar-refractivity contribution in [2.75, 3.05) is 6.54 Å². The lowest BCUT2D eigenvalue weighted by Crippen LogP contribution is -2.52. The van der Waals surface area contributed by atoms with Crippen LogP contribution in [0.15, 0.2) is 24.3 Å². The zero-order valence-corrected chi connectivity index (χ0v) is 14.0. The lowest BCUT2D eigenvalue weighted by atomic mass is 9.98. The largest absolute Gasteiger partial charge is 0.354 e. The number of benzene rings is 1. The highest BCUT2D eigenvalue weighted by molar-refractivity contribution is 5.86. The van der Waals surface area contributed by atoms with Crippen molar-refractivity contribution in [1.29, 1.82) is 0 Å². The summed E-state index contributed by atoms with van der Waals surface area (Å²) in [6.07, 6.45) is 4.40. The molecule has 3 N–H and O–H groups in total. The van der Waals surface area contributed by atoms with Crippen LogP contribution in [0.25, 0.3) is 11.0 Å². The normalized spacial score (nSPS) is 17.0. The van der Waals surface area contributed by atoms with E-state index >= 15 is 0 Å². The molecular weight excluding hydrogens is 288 g/mol. The maximum Gasteiger partial charge on any atom is 0.240 e. The number of nitrogens with two attached hydrogens (primary N) is 1. The second kappa shape index (κ2) is 6.32. The number of amides is 1. The van der Waals surface area contributed by atoms with Crippen LogP contribution in [-0.2, 0) is 11.2 Å². The number of carbonyl (C=O) groups is 1. The summed E-state index contributed by atoms with van der Waals surface area (Å²) in [6.45, 7) is 4.89. The zero-order valence-electron chi connectivity index (χ0n) is 14.0. The Hall–Kier alpha value is -1.88. The average molecular weight is 314 g/mol.